The fraction of sp³-hybridized carbons (Fsp3) is 0.852. The van der Waals surface area contributed by atoms with Crippen LogP contribution in [0.3, 0.4) is 0 Å². The number of hydrogen-bond acceptors (Lipinski definition) is 5. The van der Waals surface area contributed by atoms with E-state index in [1.807, 2.05) is 0 Å². The largest absolute Gasteiger partial charge is 0.462 e. The summed E-state index contributed by atoms with van der Waals surface area (Å²) < 4.78 is 5.93. The van der Waals surface area contributed by atoms with Gasteiger partial charge in [0.2, 0.25) is 5.91 Å². The molecule has 352 valence electrons. The van der Waals surface area contributed by atoms with Crippen LogP contribution in [0.2, 0.25) is 0 Å². The van der Waals surface area contributed by atoms with Crippen molar-refractivity contribution < 1.29 is 24.5 Å². The van der Waals surface area contributed by atoms with E-state index in [1.54, 1.807) is 0 Å². The SMILES string of the molecule is CC/C=C/C=C/C=C/CCCCCCCC(CC(=O)NC(CO)C(O)CCCCCCCCCCCCCCCCC)OC(=O)CCCCCCCCCCCCCCC. The molecule has 0 aliphatic rings. The Morgan fingerprint density at radius 1 is 0.500 bits per heavy atom. The van der Waals surface area contributed by atoms with Crippen molar-refractivity contribution in [3.8, 4) is 0 Å². The van der Waals surface area contributed by atoms with Gasteiger partial charge in [-0.3, -0.25) is 9.59 Å². The third-order valence-electron chi connectivity index (χ3n) is 12.0. The maximum absolute atomic E-state index is 13.2. The molecule has 0 radical (unpaired) electrons. The van der Waals surface area contributed by atoms with Crippen LogP contribution in [0.1, 0.15) is 271 Å². The van der Waals surface area contributed by atoms with E-state index in [9.17, 15) is 19.8 Å². The van der Waals surface area contributed by atoms with Crippen LogP contribution in [0.5, 0.6) is 0 Å². The summed E-state index contributed by atoms with van der Waals surface area (Å²) in [5.74, 6) is -0.483. The van der Waals surface area contributed by atoms with Crippen LogP contribution >= 0.6 is 0 Å². The summed E-state index contributed by atoms with van der Waals surface area (Å²) in [5.41, 5.74) is 0. The van der Waals surface area contributed by atoms with E-state index in [-0.39, 0.29) is 24.9 Å². The number of ether oxygens (including phenoxy) is 1. The van der Waals surface area contributed by atoms with Gasteiger partial charge in [-0.2, -0.15) is 0 Å². The first-order valence-corrected chi connectivity index (χ1v) is 26.2. The molecule has 1 amide bonds. The molecular weight excluding hydrogens is 743 g/mol. The first-order valence-electron chi connectivity index (χ1n) is 26.2. The van der Waals surface area contributed by atoms with Crippen molar-refractivity contribution >= 4 is 11.9 Å². The Bertz CT molecular complexity index is 993. The summed E-state index contributed by atoms with van der Waals surface area (Å²) >= 11 is 0. The lowest BCUT2D eigenvalue weighted by Gasteiger charge is -2.24. The van der Waals surface area contributed by atoms with Crippen molar-refractivity contribution in [3.63, 3.8) is 0 Å². The highest BCUT2D eigenvalue weighted by atomic mass is 16.5. The van der Waals surface area contributed by atoms with Gasteiger partial charge in [-0.05, 0) is 44.9 Å². The van der Waals surface area contributed by atoms with E-state index >= 15 is 0 Å². The molecule has 3 atom stereocenters. The fourth-order valence-electron chi connectivity index (χ4n) is 8.08. The first kappa shape index (κ1) is 58.1. The molecule has 6 nitrogen and oxygen atoms in total. The van der Waals surface area contributed by atoms with Crippen molar-refractivity contribution in [1.29, 1.82) is 0 Å². The second-order valence-corrected chi connectivity index (χ2v) is 18.0. The molecule has 60 heavy (non-hydrogen) atoms. The van der Waals surface area contributed by atoms with Gasteiger partial charge in [0.1, 0.15) is 6.10 Å². The van der Waals surface area contributed by atoms with Crippen LogP contribution in [-0.4, -0.2) is 46.9 Å². The van der Waals surface area contributed by atoms with Gasteiger partial charge in [-0.25, -0.2) is 0 Å². The molecule has 0 fully saturated rings. The van der Waals surface area contributed by atoms with Crippen LogP contribution in [-0.2, 0) is 14.3 Å². The van der Waals surface area contributed by atoms with Crippen LogP contribution in [0, 0.1) is 0 Å². The lowest BCUT2D eigenvalue weighted by atomic mass is 10.0. The Kier molecular flexibility index (Phi) is 46.6. The van der Waals surface area contributed by atoms with E-state index in [0.717, 1.165) is 77.0 Å². The number of nitrogens with one attached hydrogen (secondary N) is 1. The van der Waals surface area contributed by atoms with Crippen molar-refractivity contribution in [1.82, 2.24) is 5.32 Å². The number of carbonyl (C=O) groups is 2. The summed E-state index contributed by atoms with van der Waals surface area (Å²) in [6.45, 7) is 6.36. The number of hydrogen-bond donors (Lipinski definition) is 3. The number of unbranched alkanes of at least 4 members (excludes halogenated alkanes) is 31. The zero-order valence-corrected chi connectivity index (χ0v) is 40.1. The highest BCUT2D eigenvalue weighted by Gasteiger charge is 2.24. The molecule has 0 saturated carbocycles. The van der Waals surface area contributed by atoms with E-state index in [4.69, 9.17) is 4.74 Å². The molecule has 0 bridgehead atoms. The lowest BCUT2D eigenvalue weighted by molar-refractivity contribution is -0.151. The van der Waals surface area contributed by atoms with Crippen LogP contribution in [0.25, 0.3) is 0 Å². The average molecular weight is 844 g/mol. The van der Waals surface area contributed by atoms with Gasteiger partial charge in [0, 0.05) is 6.42 Å². The van der Waals surface area contributed by atoms with Crippen molar-refractivity contribution in [3.05, 3.63) is 36.5 Å². The molecule has 0 aliphatic heterocycles. The topological polar surface area (TPSA) is 95.9 Å². The summed E-state index contributed by atoms with van der Waals surface area (Å²) in [4.78, 5) is 26.1. The van der Waals surface area contributed by atoms with E-state index in [1.165, 1.54) is 148 Å². The van der Waals surface area contributed by atoms with Crippen LogP contribution in [0.15, 0.2) is 36.5 Å². The first-order chi connectivity index (χ1) is 29.5. The molecule has 3 unspecified atom stereocenters. The van der Waals surface area contributed by atoms with Crippen LogP contribution < -0.4 is 5.32 Å². The van der Waals surface area contributed by atoms with Gasteiger partial charge in [-0.15, -0.1) is 0 Å². The van der Waals surface area contributed by atoms with E-state index in [2.05, 4.69) is 62.5 Å². The number of aliphatic hydroxyl groups is 2. The van der Waals surface area contributed by atoms with E-state index in [0.29, 0.717) is 19.3 Å². The van der Waals surface area contributed by atoms with E-state index < -0.39 is 18.2 Å². The smallest absolute Gasteiger partial charge is 0.306 e. The molecule has 0 saturated heterocycles. The van der Waals surface area contributed by atoms with Gasteiger partial charge in [0.25, 0.3) is 0 Å². The Morgan fingerprint density at radius 2 is 0.900 bits per heavy atom. The van der Waals surface area contributed by atoms with Gasteiger partial charge in [-0.1, -0.05) is 250 Å². The summed E-state index contributed by atoms with van der Waals surface area (Å²) in [6, 6.07) is -0.705. The van der Waals surface area contributed by atoms with Gasteiger partial charge in [0.15, 0.2) is 0 Å². The number of aliphatic hydroxyl groups excluding tert-OH is 2. The average Bonchev–Trinajstić information content (AvgIpc) is 3.24. The summed E-state index contributed by atoms with van der Waals surface area (Å²) in [5, 5.41) is 23.8. The summed E-state index contributed by atoms with van der Waals surface area (Å²) in [7, 11) is 0. The molecule has 0 heterocycles. The number of rotatable bonds is 47. The second-order valence-electron chi connectivity index (χ2n) is 18.0. The standard InChI is InChI=1S/C54H101NO5/c1-4-7-10-13-16-19-22-25-26-29-31-34-37-40-43-46-52(57)51(49-56)55-53(58)48-50(45-42-39-36-33-30-27-23-20-17-14-11-8-5-2)60-54(59)47-44-41-38-35-32-28-24-21-18-15-12-9-6-3/h8,11,14,17,20,23,50-52,56-57H,4-7,9-10,12-13,15-16,18-19,21-22,24-49H2,1-3H3,(H,55,58)/b11-8+,17-14+,23-20+. The number of esters is 1. The lowest BCUT2D eigenvalue weighted by Crippen LogP contribution is -2.46. The van der Waals surface area contributed by atoms with Gasteiger partial charge >= 0.3 is 5.97 Å². The van der Waals surface area contributed by atoms with Crippen LogP contribution in [0.4, 0.5) is 0 Å². The molecule has 0 aliphatic carbocycles. The third-order valence-corrected chi connectivity index (χ3v) is 12.0. The maximum atomic E-state index is 13.2. The zero-order chi connectivity index (χ0) is 43.8. The monoisotopic (exact) mass is 844 g/mol. The quantitative estimate of drug-likeness (QED) is 0.0322. The number of carbonyl (C=O) groups excluding carboxylic acids is 2. The highest BCUT2D eigenvalue weighted by Crippen LogP contribution is 2.18. The van der Waals surface area contributed by atoms with Gasteiger partial charge < -0.3 is 20.3 Å². The second kappa shape index (κ2) is 48.1. The minimum atomic E-state index is -0.791. The normalized spacial score (nSPS) is 13.5. The Hall–Kier alpha value is -1.92. The molecule has 0 aromatic rings. The number of amides is 1. The predicted molar refractivity (Wildman–Crippen MR) is 259 cm³/mol. The summed E-state index contributed by atoms with van der Waals surface area (Å²) in [6.07, 6.45) is 56.3. The molecule has 0 rings (SSSR count). The highest BCUT2D eigenvalue weighted by molar-refractivity contribution is 5.77. The molecule has 6 heteroatoms. The van der Waals surface area contributed by atoms with Crippen molar-refractivity contribution in [2.45, 2.75) is 289 Å². The third kappa shape index (κ3) is 42.8. The molecule has 0 aromatic heterocycles. The van der Waals surface area contributed by atoms with Gasteiger partial charge in [0.05, 0.1) is 25.2 Å². The van der Waals surface area contributed by atoms with Crippen molar-refractivity contribution in [2.75, 3.05) is 6.61 Å². The fourth-order valence-corrected chi connectivity index (χ4v) is 8.08. The molecular formula is C54H101NO5. The molecule has 0 aromatic carbocycles. The maximum Gasteiger partial charge on any atom is 0.306 e. The molecule has 0 spiro atoms. The minimum absolute atomic E-state index is 0.0677. The predicted octanol–water partition coefficient (Wildman–Crippen LogP) is 15.7. The zero-order valence-electron chi connectivity index (χ0n) is 40.1. The Labute approximate surface area is 373 Å². The minimum Gasteiger partial charge on any atom is -0.462 e. The Balaban J connectivity index is 4.54. The molecule has 3 N–H and O–H groups in total. The van der Waals surface area contributed by atoms with Crippen molar-refractivity contribution in [2.24, 2.45) is 0 Å². The Morgan fingerprint density at radius 3 is 1.35 bits per heavy atom. The number of allylic oxidation sites excluding steroid dienone is 6.